The van der Waals surface area contributed by atoms with Crippen molar-refractivity contribution in [2.75, 3.05) is 26.7 Å². The number of nitrogens with zero attached hydrogens (tertiary/aromatic N) is 1. The van der Waals surface area contributed by atoms with Gasteiger partial charge in [0, 0.05) is 13.1 Å². The van der Waals surface area contributed by atoms with Crippen molar-refractivity contribution in [2.24, 2.45) is 0 Å². The van der Waals surface area contributed by atoms with E-state index in [1.165, 1.54) is 0 Å². The molecule has 0 aliphatic heterocycles. The van der Waals surface area contributed by atoms with Crippen LogP contribution in [-0.4, -0.2) is 48.7 Å². The number of nitrogens with one attached hydrogen (secondary N) is 1. The maximum atomic E-state index is 11.3. The summed E-state index contributed by atoms with van der Waals surface area (Å²) >= 11 is 0. The van der Waals surface area contributed by atoms with E-state index in [1.54, 1.807) is 24.9 Å². The van der Waals surface area contributed by atoms with E-state index in [0.717, 1.165) is 0 Å². The maximum absolute atomic E-state index is 11.3. The second-order valence-corrected chi connectivity index (χ2v) is 2.91. The summed E-state index contributed by atoms with van der Waals surface area (Å²) in [7, 11) is 1.80. The quantitative estimate of drug-likeness (QED) is 0.555. The number of rotatable bonds is 6. The van der Waals surface area contributed by atoms with Crippen LogP contribution in [0.2, 0.25) is 0 Å². The summed E-state index contributed by atoms with van der Waals surface area (Å²) in [5.41, 5.74) is 0. The lowest BCUT2D eigenvalue weighted by atomic mass is 10.3. The minimum Gasteiger partial charge on any atom is -0.395 e. The van der Waals surface area contributed by atoms with Crippen LogP contribution >= 0.6 is 0 Å². The first kappa shape index (κ1) is 12.1. The van der Waals surface area contributed by atoms with Crippen LogP contribution in [0, 0.1) is 0 Å². The molecule has 4 heteroatoms. The van der Waals surface area contributed by atoms with Crippen LogP contribution in [0.3, 0.4) is 0 Å². The minimum absolute atomic E-state index is 0.0455. The molecule has 0 aromatic rings. The fraction of sp³-hybridized carbons (Fsp3) is 0.667. The molecule has 13 heavy (non-hydrogen) atoms. The van der Waals surface area contributed by atoms with Crippen LogP contribution in [0.1, 0.15) is 6.92 Å². The second-order valence-electron chi connectivity index (χ2n) is 2.91. The molecule has 0 saturated heterocycles. The fourth-order valence-corrected chi connectivity index (χ4v) is 0.872. The molecule has 0 fully saturated rings. The third-order valence-corrected chi connectivity index (χ3v) is 1.91. The zero-order valence-electron chi connectivity index (χ0n) is 8.29. The highest BCUT2D eigenvalue weighted by Gasteiger charge is 2.15. The van der Waals surface area contributed by atoms with E-state index in [0.29, 0.717) is 13.1 Å². The van der Waals surface area contributed by atoms with E-state index in [1.807, 2.05) is 0 Å². The van der Waals surface area contributed by atoms with Crippen LogP contribution in [0.4, 0.5) is 0 Å². The van der Waals surface area contributed by atoms with E-state index in [-0.39, 0.29) is 18.6 Å². The van der Waals surface area contributed by atoms with Crippen molar-refractivity contribution in [1.29, 1.82) is 0 Å². The Morgan fingerprint density at radius 1 is 1.77 bits per heavy atom. The van der Waals surface area contributed by atoms with Gasteiger partial charge in [0.1, 0.15) is 0 Å². The molecule has 0 heterocycles. The topological polar surface area (TPSA) is 52.6 Å². The molecule has 0 aliphatic rings. The van der Waals surface area contributed by atoms with Crippen LogP contribution in [0.5, 0.6) is 0 Å². The molecular formula is C9H18N2O2. The van der Waals surface area contributed by atoms with Gasteiger partial charge in [-0.25, -0.2) is 0 Å². The molecule has 1 unspecified atom stereocenters. The lowest BCUT2D eigenvalue weighted by Crippen LogP contribution is -2.44. The lowest BCUT2D eigenvalue weighted by molar-refractivity contribution is -0.125. The molecule has 0 radical (unpaired) electrons. The predicted molar refractivity (Wildman–Crippen MR) is 52.4 cm³/mol. The summed E-state index contributed by atoms with van der Waals surface area (Å²) in [5.74, 6) is -0.0455. The van der Waals surface area contributed by atoms with Gasteiger partial charge in [-0.15, -0.1) is 6.58 Å². The van der Waals surface area contributed by atoms with Gasteiger partial charge in [-0.3, -0.25) is 9.69 Å². The Kier molecular flexibility index (Phi) is 6.18. The van der Waals surface area contributed by atoms with E-state index in [4.69, 9.17) is 5.11 Å². The number of amides is 1. The number of carbonyl (C=O) groups excluding carboxylic acids is 1. The Balaban J connectivity index is 3.85. The Bertz CT molecular complexity index is 171. The Morgan fingerprint density at radius 3 is 2.85 bits per heavy atom. The van der Waals surface area contributed by atoms with Gasteiger partial charge < -0.3 is 10.4 Å². The highest BCUT2D eigenvalue weighted by molar-refractivity contribution is 5.81. The molecule has 0 saturated carbocycles. The summed E-state index contributed by atoms with van der Waals surface area (Å²) in [6, 6.07) is -0.216. The number of hydrogen-bond donors (Lipinski definition) is 2. The van der Waals surface area contributed by atoms with Crippen LogP contribution < -0.4 is 5.32 Å². The van der Waals surface area contributed by atoms with Crippen molar-refractivity contribution < 1.29 is 9.90 Å². The fourth-order valence-electron chi connectivity index (χ4n) is 0.872. The average Bonchev–Trinajstić information content (AvgIpc) is 2.13. The van der Waals surface area contributed by atoms with Gasteiger partial charge in [0.2, 0.25) is 5.91 Å². The highest BCUT2D eigenvalue weighted by Crippen LogP contribution is 1.93. The smallest absolute Gasteiger partial charge is 0.237 e. The van der Waals surface area contributed by atoms with E-state index >= 15 is 0 Å². The van der Waals surface area contributed by atoms with Gasteiger partial charge in [-0.2, -0.15) is 0 Å². The molecule has 2 N–H and O–H groups in total. The van der Waals surface area contributed by atoms with Gasteiger partial charge in [-0.1, -0.05) is 6.08 Å². The average molecular weight is 186 g/mol. The van der Waals surface area contributed by atoms with Gasteiger partial charge >= 0.3 is 0 Å². The number of carbonyl (C=O) groups is 1. The molecule has 76 valence electrons. The van der Waals surface area contributed by atoms with Crippen molar-refractivity contribution in [3.63, 3.8) is 0 Å². The Labute approximate surface area is 79.2 Å². The van der Waals surface area contributed by atoms with Gasteiger partial charge in [0.25, 0.3) is 0 Å². The monoisotopic (exact) mass is 186 g/mol. The predicted octanol–water partition coefficient (Wildman–Crippen LogP) is -0.399. The first-order valence-electron chi connectivity index (χ1n) is 4.33. The van der Waals surface area contributed by atoms with Crippen LogP contribution in [-0.2, 0) is 4.79 Å². The van der Waals surface area contributed by atoms with Gasteiger partial charge in [0.15, 0.2) is 0 Å². The number of aliphatic hydroxyl groups is 1. The van der Waals surface area contributed by atoms with Gasteiger partial charge in [0.05, 0.1) is 12.6 Å². The molecule has 0 aromatic heterocycles. The Morgan fingerprint density at radius 2 is 2.38 bits per heavy atom. The summed E-state index contributed by atoms with van der Waals surface area (Å²) in [6.45, 7) is 6.35. The largest absolute Gasteiger partial charge is 0.395 e. The maximum Gasteiger partial charge on any atom is 0.237 e. The van der Waals surface area contributed by atoms with Crippen molar-refractivity contribution in [3.05, 3.63) is 12.7 Å². The summed E-state index contributed by atoms with van der Waals surface area (Å²) in [5, 5.41) is 11.3. The highest BCUT2D eigenvalue weighted by atomic mass is 16.3. The van der Waals surface area contributed by atoms with E-state index in [2.05, 4.69) is 11.9 Å². The molecule has 1 atom stereocenters. The summed E-state index contributed by atoms with van der Waals surface area (Å²) in [6.07, 6.45) is 1.64. The molecule has 4 nitrogen and oxygen atoms in total. The van der Waals surface area contributed by atoms with Crippen molar-refractivity contribution in [2.45, 2.75) is 13.0 Å². The summed E-state index contributed by atoms with van der Waals surface area (Å²) < 4.78 is 0. The zero-order valence-corrected chi connectivity index (χ0v) is 8.29. The van der Waals surface area contributed by atoms with Crippen molar-refractivity contribution in [1.82, 2.24) is 10.2 Å². The van der Waals surface area contributed by atoms with E-state index in [9.17, 15) is 4.79 Å². The number of aliphatic hydroxyl groups excluding tert-OH is 1. The number of hydrogen-bond acceptors (Lipinski definition) is 3. The molecule has 0 rings (SSSR count). The molecular weight excluding hydrogens is 168 g/mol. The van der Waals surface area contributed by atoms with Gasteiger partial charge in [-0.05, 0) is 14.0 Å². The summed E-state index contributed by atoms with van der Waals surface area (Å²) in [4.78, 5) is 13.1. The number of likely N-dealkylation sites (N-methyl/N-ethyl adjacent to an activating group) is 1. The molecule has 0 aromatic carbocycles. The minimum atomic E-state index is -0.216. The Hall–Kier alpha value is -0.870. The van der Waals surface area contributed by atoms with Crippen LogP contribution in [0.25, 0.3) is 0 Å². The lowest BCUT2D eigenvalue weighted by Gasteiger charge is -2.22. The molecule has 1 amide bonds. The third-order valence-electron chi connectivity index (χ3n) is 1.91. The first-order chi connectivity index (χ1) is 6.13. The standard InChI is InChI=1S/C9H18N2O2/c1-4-5-10-9(13)8(2)11(3)6-7-12/h4,8,12H,1,5-7H2,2-3H3,(H,10,13). The van der Waals surface area contributed by atoms with Crippen molar-refractivity contribution >= 4 is 5.91 Å². The third kappa shape index (κ3) is 4.65. The molecule has 0 bridgehead atoms. The molecule has 0 aliphatic carbocycles. The molecule has 0 spiro atoms. The van der Waals surface area contributed by atoms with Crippen LogP contribution in [0.15, 0.2) is 12.7 Å². The zero-order chi connectivity index (χ0) is 10.3. The second kappa shape index (κ2) is 6.62. The van der Waals surface area contributed by atoms with Crippen molar-refractivity contribution in [3.8, 4) is 0 Å². The SMILES string of the molecule is C=CCNC(=O)C(C)N(C)CCO. The normalized spacial score (nSPS) is 12.6. The van der Waals surface area contributed by atoms with E-state index < -0.39 is 0 Å². The first-order valence-corrected chi connectivity index (χ1v) is 4.33.